The zero-order valence-electron chi connectivity index (χ0n) is 16.7. The van der Waals surface area contributed by atoms with Crippen molar-refractivity contribution in [2.45, 2.75) is 25.8 Å². The van der Waals surface area contributed by atoms with Gasteiger partial charge in [-0.25, -0.2) is 8.78 Å². The summed E-state index contributed by atoms with van der Waals surface area (Å²) in [5.74, 6) is 0.0196. The van der Waals surface area contributed by atoms with Gasteiger partial charge in [0.05, 0.1) is 5.52 Å². The first-order chi connectivity index (χ1) is 14.5. The quantitative estimate of drug-likeness (QED) is 0.403. The van der Waals surface area contributed by atoms with E-state index in [1.165, 1.54) is 24.3 Å². The highest BCUT2D eigenvalue weighted by molar-refractivity contribution is 6.11. The highest BCUT2D eigenvalue weighted by atomic mass is 19.1. The summed E-state index contributed by atoms with van der Waals surface area (Å²) >= 11 is 0. The van der Waals surface area contributed by atoms with Crippen LogP contribution in [0.15, 0.2) is 42.5 Å². The number of H-pyrrole nitrogens is 1. The van der Waals surface area contributed by atoms with E-state index in [9.17, 15) is 8.78 Å². The molecule has 1 aliphatic rings. The van der Waals surface area contributed by atoms with E-state index in [1.807, 2.05) is 13.0 Å². The van der Waals surface area contributed by atoms with Gasteiger partial charge in [-0.2, -0.15) is 0 Å². The summed E-state index contributed by atoms with van der Waals surface area (Å²) in [6, 6.07) is 11.2. The van der Waals surface area contributed by atoms with Crippen LogP contribution in [0.1, 0.15) is 18.4 Å². The van der Waals surface area contributed by atoms with Crippen LogP contribution in [-0.2, 0) is 0 Å². The Balaban J connectivity index is 1.75. The van der Waals surface area contributed by atoms with Gasteiger partial charge in [0.2, 0.25) is 0 Å². The molecule has 5 rings (SSSR count). The molecular formula is C24H23F2N3O. The average molecular weight is 407 g/mol. The molecule has 0 aliphatic carbocycles. The molecule has 3 aromatic carbocycles. The van der Waals surface area contributed by atoms with E-state index < -0.39 is 0 Å². The smallest absolute Gasteiger partial charge is 0.146 e. The van der Waals surface area contributed by atoms with Crippen molar-refractivity contribution in [3.63, 3.8) is 0 Å². The van der Waals surface area contributed by atoms with Gasteiger partial charge in [-0.15, -0.1) is 0 Å². The first-order valence-corrected chi connectivity index (χ1v) is 10.2. The minimum atomic E-state index is -0.360. The molecule has 4 nitrogen and oxygen atoms in total. The molecule has 0 saturated carbocycles. The Morgan fingerprint density at radius 3 is 2.63 bits per heavy atom. The third kappa shape index (κ3) is 3.17. The third-order valence-electron chi connectivity index (χ3n) is 5.96. The number of hydrogen-bond donors (Lipinski definition) is 3. The van der Waals surface area contributed by atoms with Gasteiger partial charge in [0.15, 0.2) is 0 Å². The first kappa shape index (κ1) is 18.9. The van der Waals surface area contributed by atoms with E-state index in [0.29, 0.717) is 29.6 Å². The summed E-state index contributed by atoms with van der Waals surface area (Å²) in [7, 11) is 0. The standard InChI is InChI=1S/C24H23F2N3O/c1-13-17(18-9-14(25)4-6-21(18)27)11-20-19-10-15(26)5-7-22(19)29-23(20)24(13)30-12-16-3-2-8-28-16/h4-7,9-11,16,28-29H,2-3,8,12,27H2,1H3/t16-/m0/s1. The van der Waals surface area contributed by atoms with E-state index >= 15 is 0 Å². The molecule has 4 aromatic rings. The van der Waals surface area contributed by atoms with Gasteiger partial charge in [0.25, 0.3) is 0 Å². The molecular weight excluding hydrogens is 384 g/mol. The number of nitrogens with two attached hydrogens (primary N) is 1. The number of halogens is 2. The lowest BCUT2D eigenvalue weighted by Crippen LogP contribution is -2.28. The second-order valence-electron chi connectivity index (χ2n) is 7.95. The van der Waals surface area contributed by atoms with Gasteiger partial charge < -0.3 is 20.8 Å². The molecule has 30 heavy (non-hydrogen) atoms. The Bertz CT molecular complexity index is 1260. The number of hydrogen-bond acceptors (Lipinski definition) is 3. The Kier molecular flexibility index (Phi) is 4.59. The molecule has 1 aliphatic heterocycles. The van der Waals surface area contributed by atoms with E-state index in [2.05, 4.69) is 10.3 Å². The molecule has 0 radical (unpaired) electrons. The number of aromatic amines is 1. The predicted molar refractivity (Wildman–Crippen MR) is 117 cm³/mol. The molecule has 154 valence electrons. The summed E-state index contributed by atoms with van der Waals surface area (Å²) in [6.07, 6.45) is 2.20. The highest BCUT2D eigenvalue weighted by Crippen LogP contribution is 2.42. The van der Waals surface area contributed by atoms with E-state index in [-0.39, 0.29) is 11.6 Å². The van der Waals surface area contributed by atoms with E-state index in [4.69, 9.17) is 10.5 Å². The Morgan fingerprint density at radius 2 is 1.83 bits per heavy atom. The van der Waals surface area contributed by atoms with E-state index in [0.717, 1.165) is 52.3 Å². The monoisotopic (exact) mass is 407 g/mol. The fourth-order valence-corrected chi connectivity index (χ4v) is 4.38. The molecule has 0 bridgehead atoms. The molecule has 1 aromatic heterocycles. The maximum Gasteiger partial charge on any atom is 0.146 e. The van der Waals surface area contributed by atoms with Crippen LogP contribution >= 0.6 is 0 Å². The van der Waals surface area contributed by atoms with Gasteiger partial charge in [0, 0.05) is 39.1 Å². The summed E-state index contributed by atoms with van der Waals surface area (Å²) in [4.78, 5) is 3.38. The average Bonchev–Trinajstić information content (AvgIpc) is 3.36. The maximum atomic E-state index is 14.0. The van der Waals surface area contributed by atoms with Crippen molar-refractivity contribution in [2.75, 3.05) is 18.9 Å². The lowest BCUT2D eigenvalue weighted by Gasteiger charge is -2.18. The molecule has 0 spiro atoms. The van der Waals surface area contributed by atoms with E-state index in [1.54, 1.807) is 12.1 Å². The Labute approximate surface area is 173 Å². The maximum absolute atomic E-state index is 14.0. The van der Waals surface area contributed by atoms with Crippen LogP contribution in [0.5, 0.6) is 5.75 Å². The molecule has 1 fully saturated rings. The molecule has 0 unspecified atom stereocenters. The fraction of sp³-hybridized carbons (Fsp3) is 0.250. The van der Waals surface area contributed by atoms with Crippen molar-refractivity contribution < 1.29 is 13.5 Å². The van der Waals surface area contributed by atoms with Crippen molar-refractivity contribution in [1.82, 2.24) is 10.3 Å². The number of ether oxygens (including phenoxy) is 1. The fourth-order valence-electron chi connectivity index (χ4n) is 4.38. The first-order valence-electron chi connectivity index (χ1n) is 10.2. The number of rotatable bonds is 4. The van der Waals surface area contributed by atoms with Crippen molar-refractivity contribution in [1.29, 1.82) is 0 Å². The van der Waals surface area contributed by atoms with Crippen LogP contribution in [0.4, 0.5) is 14.5 Å². The van der Waals surface area contributed by atoms with Gasteiger partial charge in [-0.05, 0) is 74.3 Å². The van der Waals surface area contributed by atoms with Crippen LogP contribution in [-0.4, -0.2) is 24.2 Å². The Hall–Kier alpha value is -3.12. The van der Waals surface area contributed by atoms with Crippen LogP contribution < -0.4 is 15.8 Å². The predicted octanol–water partition coefficient (Wildman–Crippen LogP) is 5.29. The Morgan fingerprint density at radius 1 is 1.03 bits per heavy atom. The summed E-state index contributed by atoms with van der Waals surface area (Å²) < 4.78 is 34.3. The van der Waals surface area contributed by atoms with Gasteiger partial charge in [-0.3, -0.25) is 0 Å². The number of aromatic nitrogens is 1. The van der Waals surface area contributed by atoms with Crippen LogP contribution in [0.25, 0.3) is 32.9 Å². The molecule has 1 atom stereocenters. The molecule has 2 heterocycles. The van der Waals surface area contributed by atoms with Crippen molar-refractivity contribution >= 4 is 27.5 Å². The molecule has 4 N–H and O–H groups in total. The van der Waals surface area contributed by atoms with Gasteiger partial charge in [0.1, 0.15) is 24.0 Å². The minimum absolute atomic E-state index is 0.296. The van der Waals surface area contributed by atoms with Crippen molar-refractivity contribution in [3.05, 3.63) is 59.7 Å². The normalized spacial score (nSPS) is 16.6. The number of nitrogen functional groups attached to an aromatic ring is 1. The number of nitrogens with one attached hydrogen (secondary N) is 2. The SMILES string of the molecule is Cc1c(-c2cc(F)ccc2N)cc2c([nH]c3ccc(F)cc32)c1OC[C@@H]1CCCN1. The second-order valence-corrected chi connectivity index (χ2v) is 7.95. The molecule has 0 amide bonds. The third-order valence-corrected chi connectivity index (χ3v) is 5.96. The topological polar surface area (TPSA) is 63.1 Å². The van der Waals surface area contributed by atoms with Crippen LogP contribution in [0, 0.1) is 18.6 Å². The molecule has 1 saturated heterocycles. The number of anilines is 1. The van der Waals surface area contributed by atoms with Crippen molar-refractivity contribution in [2.24, 2.45) is 0 Å². The lowest BCUT2D eigenvalue weighted by atomic mass is 9.95. The van der Waals surface area contributed by atoms with Gasteiger partial charge in [-0.1, -0.05) is 0 Å². The van der Waals surface area contributed by atoms with Crippen LogP contribution in [0.2, 0.25) is 0 Å². The largest absolute Gasteiger partial charge is 0.489 e. The summed E-state index contributed by atoms with van der Waals surface area (Å²) in [6.45, 7) is 3.47. The minimum Gasteiger partial charge on any atom is -0.489 e. The number of benzene rings is 3. The molecule has 6 heteroatoms. The highest BCUT2D eigenvalue weighted by Gasteiger charge is 2.21. The zero-order chi connectivity index (χ0) is 20.8. The van der Waals surface area contributed by atoms with Crippen molar-refractivity contribution in [3.8, 4) is 16.9 Å². The van der Waals surface area contributed by atoms with Crippen LogP contribution in [0.3, 0.4) is 0 Å². The zero-order valence-corrected chi connectivity index (χ0v) is 16.7. The lowest BCUT2D eigenvalue weighted by molar-refractivity contribution is 0.278. The summed E-state index contributed by atoms with van der Waals surface area (Å²) in [5, 5.41) is 5.01. The number of fused-ring (bicyclic) bond motifs is 3. The van der Waals surface area contributed by atoms with Gasteiger partial charge >= 0.3 is 0 Å². The summed E-state index contributed by atoms with van der Waals surface area (Å²) in [5.41, 5.74) is 10.5. The second kappa shape index (κ2) is 7.29.